The zero-order valence-electron chi connectivity index (χ0n) is 17.5. The molecule has 9 heteroatoms. The standard InChI is InChI=1S/C23H25Cl2NO6/c1-23(26-21(28)7-8-27)11-19(14-3-2-4-15(24)9-14)32-20(12-23)17-10-16(25)5-6-18(17)31-13-22(29)30/h2-6,9-10,19-20,27H,7-8,11-13H2,1H3,(H,26,28)(H,29,30)/t19-,20+,23+/m0/s1. The van der Waals surface area contributed by atoms with Gasteiger partial charge < -0.3 is 25.0 Å². The predicted octanol–water partition coefficient (Wildman–Crippen LogP) is 4.31. The number of nitrogens with one attached hydrogen (secondary N) is 1. The molecule has 0 spiro atoms. The van der Waals surface area contributed by atoms with Crippen molar-refractivity contribution in [2.24, 2.45) is 0 Å². The van der Waals surface area contributed by atoms with Gasteiger partial charge in [-0.3, -0.25) is 4.79 Å². The summed E-state index contributed by atoms with van der Waals surface area (Å²) in [6.07, 6.45) is -0.0850. The minimum Gasteiger partial charge on any atom is -0.482 e. The third-order valence-corrected chi connectivity index (χ3v) is 5.74. The monoisotopic (exact) mass is 481 g/mol. The van der Waals surface area contributed by atoms with E-state index >= 15 is 0 Å². The molecule has 172 valence electrons. The molecule has 3 atom stereocenters. The Morgan fingerprint density at radius 3 is 2.56 bits per heavy atom. The maximum atomic E-state index is 12.3. The number of amides is 1. The van der Waals surface area contributed by atoms with Gasteiger partial charge in [-0.2, -0.15) is 0 Å². The lowest BCUT2D eigenvalue weighted by Gasteiger charge is -2.43. The molecule has 1 amide bonds. The highest BCUT2D eigenvalue weighted by atomic mass is 35.5. The lowest BCUT2D eigenvalue weighted by Crippen LogP contribution is -2.51. The molecule has 1 heterocycles. The largest absolute Gasteiger partial charge is 0.482 e. The summed E-state index contributed by atoms with van der Waals surface area (Å²) in [4.78, 5) is 23.3. The summed E-state index contributed by atoms with van der Waals surface area (Å²) in [7, 11) is 0. The molecule has 0 saturated carbocycles. The first kappa shape index (κ1) is 24.3. The van der Waals surface area contributed by atoms with E-state index in [4.69, 9.17) is 42.9 Å². The average molecular weight is 482 g/mol. The highest BCUT2D eigenvalue weighted by Crippen LogP contribution is 2.46. The Kier molecular flexibility index (Phi) is 8.00. The minimum absolute atomic E-state index is 0.00686. The van der Waals surface area contributed by atoms with Crippen LogP contribution in [-0.2, 0) is 14.3 Å². The van der Waals surface area contributed by atoms with Gasteiger partial charge >= 0.3 is 5.97 Å². The van der Waals surface area contributed by atoms with Gasteiger partial charge in [-0.25, -0.2) is 4.79 Å². The number of benzene rings is 2. The molecular formula is C23H25Cl2NO6. The number of hydrogen-bond donors (Lipinski definition) is 3. The Morgan fingerprint density at radius 2 is 1.88 bits per heavy atom. The first-order valence-electron chi connectivity index (χ1n) is 10.2. The van der Waals surface area contributed by atoms with Gasteiger partial charge in [0, 0.05) is 40.4 Å². The van der Waals surface area contributed by atoms with Crippen molar-refractivity contribution in [1.82, 2.24) is 5.32 Å². The number of carbonyl (C=O) groups excluding carboxylic acids is 1. The molecule has 0 aliphatic carbocycles. The molecule has 1 aliphatic rings. The zero-order chi connectivity index (χ0) is 23.3. The van der Waals surface area contributed by atoms with Gasteiger partial charge in [0.1, 0.15) is 5.75 Å². The summed E-state index contributed by atoms with van der Waals surface area (Å²) < 4.78 is 11.9. The fourth-order valence-corrected chi connectivity index (χ4v) is 4.31. The van der Waals surface area contributed by atoms with Crippen LogP contribution in [0.3, 0.4) is 0 Å². The van der Waals surface area contributed by atoms with Crippen LogP contribution in [0.5, 0.6) is 5.75 Å². The van der Waals surface area contributed by atoms with Crippen LogP contribution in [0.25, 0.3) is 0 Å². The van der Waals surface area contributed by atoms with Gasteiger partial charge in [-0.1, -0.05) is 35.3 Å². The van der Waals surface area contributed by atoms with Crippen molar-refractivity contribution in [2.75, 3.05) is 13.2 Å². The predicted molar refractivity (Wildman–Crippen MR) is 120 cm³/mol. The highest BCUT2D eigenvalue weighted by molar-refractivity contribution is 6.31. The van der Waals surface area contributed by atoms with Crippen LogP contribution in [0.4, 0.5) is 0 Å². The fourth-order valence-electron chi connectivity index (χ4n) is 3.93. The summed E-state index contributed by atoms with van der Waals surface area (Å²) >= 11 is 12.4. The molecule has 1 fully saturated rings. The van der Waals surface area contributed by atoms with Crippen LogP contribution in [-0.4, -0.2) is 40.8 Å². The van der Waals surface area contributed by atoms with E-state index in [0.29, 0.717) is 34.2 Å². The molecule has 0 aromatic heterocycles. The SMILES string of the molecule is C[C@@]1(NC(=O)CCO)C[C@@H](c2cccc(Cl)c2)O[C@@H](c2cc(Cl)ccc2OCC(=O)O)C1. The van der Waals surface area contributed by atoms with Crippen molar-refractivity contribution in [3.8, 4) is 5.75 Å². The van der Waals surface area contributed by atoms with E-state index in [0.717, 1.165) is 5.56 Å². The van der Waals surface area contributed by atoms with Crippen molar-refractivity contribution >= 4 is 35.1 Å². The quantitative estimate of drug-likeness (QED) is 0.518. The van der Waals surface area contributed by atoms with E-state index in [2.05, 4.69) is 5.32 Å². The molecule has 2 aromatic carbocycles. The Morgan fingerprint density at radius 1 is 1.16 bits per heavy atom. The lowest BCUT2D eigenvalue weighted by molar-refractivity contribution is -0.139. The summed E-state index contributed by atoms with van der Waals surface area (Å²) in [5, 5.41) is 22.2. The molecule has 32 heavy (non-hydrogen) atoms. The van der Waals surface area contributed by atoms with Crippen LogP contribution in [0.1, 0.15) is 49.5 Å². The Hall–Kier alpha value is -2.32. The summed E-state index contributed by atoms with van der Waals surface area (Å²) in [5.41, 5.74) is 0.766. The molecule has 0 unspecified atom stereocenters. The topological polar surface area (TPSA) is 105 Å². The average Bonchev–Trinajstić information content (AvgIpc) is 2.72. The van der Waals surface area contributed by atoms with Crippen molar-refractivity contribution < 1.29 is 29.3 Å². The van der Waals surface area contributed by atoms with Crippen molar-refractivity contribution in [2.45, 2.75) is 43.9 Å². The van der Waals surface area contributed by atoms with E-state index in [9.17, 15) is 9.59 Å². The van der Waals surface area contributed by atoms with Crippen molar-refractivity contribution in [3.63, 3.8) is 0 Å². The van der Waals surface area contributed by atoms with Gasteiger partial charge in [0.25, 0.3) is 0 Å². The Labute approximate surface area is 196 Å². The second-order valence-electron chi connectivity index (χ2n) is 8.02. The second kappa shape index (κ2) is 10.5. The van der Waals surface area contributed by atoms with Crippen LogP contribution in [0.15, 0.2) is 42.5 Å². The van der Waals surface area contributed by atoms with Crippen LogP contribution < -0.4 is 10.1 Å². The van der Waals surface area contributed by atoms with E-state index in [1.165, 1.54) is 0 Å². The van der Waals surface area contributed by atoms with Crippen LogP contribution >= 0.6 is 23.2 Å². The Balaban J connectivity index is 1.98. The second-order valence-corrected chi connectivity index (χ2v) is 8.90. The van der Waals surface area contributed by atoms with Crippen LogP contribution in [0.2, 0.25) is 10.0 Å². The van der Waals surface area contributed by atoms with E-state index < -0.39 is 30.3 Å². The summed E-state index contributed by atoms with van der Waals surface area (Å²) in [6.45, 7) is 1.16. The molecule has 3 rings (SSSR count). The maximum absolute atomic E-state index is 12.3. The molecule has 2 aromatic rings. The normalized spacial score (nSPS) is 22.9. The number of aliphatic carboxylic acids is 1. The summed E-state index contributed by atoms with van der Waals surface area (Å²) in [5.74, 6) is -1.03. The van der Waals surface area contributed by atoms with E-state index in [-0.39, 0.29) is 18.9 Å². The lowest BCUT2D eigenvalue weighted by atomic mass is 9.81. The smallest absolute Gasteiger partial charge is 0.341 e. The number of carboxylic acids is 1. The maximum Gasteiger partial charge on any atom is 0.341 e. The highest BCUT2D eigenvalue weighted by Gasteiger charge is 2.41. The molecule has 0 radical (unpaired) electrons. The van der Waals surface area contributed by atoms with Gasteiger partial charge in [0.2, 0.25) is 5.91 Å². The molecule has 7 nitrogen and oxygen atoms in total. The molecule has 1 saturated heterocycles. The third-order valence-electron chi connectivity index (χ3n) is 5.27. The number of rotatable bonds is 8. The molecule has 3 N–H and O–H groups in total. The molecular weight excluding hydrogens is 457 g/mol. The van der Waals surface area contributed by atoms with E-state index in [1.807, 2.05) is 25.1 Å². The van der Waals surface area contributed by atoms with Crippen LogP contribution in [0, 0.1) is 0 Å². The summed E-state index contributed by atoms with van der Waals surface area (Å²) in [6, 6.07) is 12.2. The number of hydrogen-bond acceptors (Lipinski definition) is 5. The van der Waals surface area contributed by atoms with Gasteiger partial charge in [0.15, 0.2) is 6.61 Å². The molecule has 0 bridgehead atoms. The first-order valence-corrected chi connectivity index (χ1v) is 10.9. The van der Waals surface area contributed by atoms with E-state index in [1.54, 1.807) is 24.3 Å². The number of carboxylic acid groups (broad SMARTS) is 1. The number of ether oxygens (including phenoxy) is 2. The minimum atomic E-state index is -1.10. The first-order chi connectivity index (χ1) is 15.2. The van der Waals surface area contributed by atoms with Crippen molar-refractivity contribution in [1.29, 1.82) is 0 Å². The zero-order valence-corrected chi connectivity index (χ0v) is 19.0. The number of aliphatic hydroxyl groups is 1. The van der Waals surface area contributed by atoms with Gasteiger partial charge in [-0.15, -0.1) is 0 Å². The van der Waals surface area contributed by atoms with Gasteiger partial charge in [-0.05, 0) is 42.8 Å². The fraction of sp³-hybridized carbons (Fsp3) is 0.391. The number of halogens is 2. The van der Waals surface area contributed by atoms with Crippen molar-refractivity contribution in [3.05, 3.63) is 63.6 Å². The Bertz CT molecular complexity index is 985. The third kappa shape index (κ3) is 6.36. The number of aliphatic hydroxyl groups excluding tert-OH is 1. The molecule has 1 aliphatic heterocycles. The number of carbonyl (C=O) groups is 2. The van der Waals surface area contributed by atoms with Gasteiger partial charge in [0.05, 0.1) is 18.8 Å².